The van der Waals surface area contributed by atoms with Crippen molar-refractivity contribution in [2.24, 2.45) is 5.92 Å². The first kappa shape index (κ1) is 37.9. The lowest BCUT2D eigenvalue weighted by Gasteiger charge is -2.23. The third-order valence-electron chi connectivity index (χ3n) is 8.60. The highest BCUT2D eigenvalue weighted by Gasteiger charge is 2.21. The Labute approximate surface area is 240 Å². The molecule has 0 aliphatic heterocycles. The second-order valence-electron chi connectivity index (χ2n) is 12.5. The predicted molar refractivity (Wildman–Crippen MR) is 168 cm³/mol. The van der Waals surface area contributed by atoms with Gasteiger partial charge in [-0.25, -0.2) is 0 Å². The molecule has 3 atom stereocenters. The third kappa shape index (κ3) is 27.4. The second-order valence-corrected chi connectivity index (χ2v) is 12.5. The zero-order chi connectivity index (χ0) is 27.9. The summed E-state index contributed by atoms with van der Waals surface area (Å²) in [6.07, 6.45) is 35.9. The molecule has 3 unspecified atom stereocenters. The van der Waals surface area contributed by atoms with Gasteiger partial charge in [0.05, 0.1) is 12.2 Å². The highest BCUT2D eigenvalue weighted by molar-refractivity contribution is 4.72. The molecule has 38 heavy (non-hydrogen) atoms. The Morgan fingerprint density at radius 1 is 0.395 bits per heavy atom. The molecule has 0 rings (SSSR count). The maximum atomic E-state index is 10.5. The lowest BCUT2D eigenvalue weighted by atomic mass is 9.90. The number of aliphatic hydroxyl groups excluding tert-OH is 3. The van der Waals surface area contributed by atoms with Gasteiger partial charge in [0.2, 0.25) is 0 Å². The fourth-order valence-corrected chi connectivity index (χ4v) is 5.83. The maximum Gasteiger partial charge on any atom is 0.0591 e. The largest absolute Gasteiger partial charge is 0.396 e. The molecule has 0 aliphatic carbocycles. The van der Waals surface area contributed by atoms with Crippen molar-refractivity contribution in [2.45, 2.75) is 212 Å². The monoisotopic (exact) mass is 541 g/mol. The van der Waals surface area contributed by atoms with Crippen LogP contribution in [0, 0.1) is 5.92 Å². The zero-order valence-corrected chi connectivity index (χ0v) is 26.3. The van der Waals surface area contributed by atoms with Crippen LogP contribution in [-0.2, 0) is 0 Å². The summed E-state index contributed by atoms with van der Waals surface area (Å²) in [5, 5.41) is 30.7. The Morgan fingerprint density at radius 3 is 1.00 bits per heavy atom. The number of hydrogen-bond acceptors (Lipinski definition) is 3. The van der Waals surface area contributed by atoms with Crippen LogP contribution in [0.1, 0.15) is 200 Å². The maximum absolute atomic E-state index is 10.5. The molecule has 0 aromatic carbocycles. The standard InChI is InChI=1S/C35H72O3/c1-3-5-7-9-11-13-15-17-19-21-23-25-27-29-34(37)31-33(32-36)35(38)30-28-26-24-22-20-18-16-14-12-10-8-6-4-2/h33-38H,3-32H2,1-2H3. The molecular weight excluding hydrogens is 468 g/mol. The first-order chi connectivity index (χ1) is 18.7. The highest BCUT2D eigenvalue weighted by atomic mass is 16.3. The van der Waals surface area contributed by atoms with Gasteiger partial charge in [0.15, 0.2) is 0 Å². The Balaban J connectivity index is 3.54. The molecule has 0 saturated carbocycles. The first-order valence-electron chi connectivity index (χ1n) is 17.6. The molecule has 0 spiro atoms. The van der Waals surface area contributed by atoms with Crippen LogP contribution in [0.25, 0.3) is 0 Å². The van der Waals surface area contributed by atoms with E-state index in [0.29, 0.717) is 6.42 Å². The van der Waals surface area contributed by atoms with Crippen molar-refractivity contribution in [3.05, 3.63) is 0 Å². The van der Waals surface area contributed by atoms with Crippen LogP contribution in [0.5, 0.6) is 0 Å². The highest BCUT2D eigenvalue weighted by Crippen LogP contribution is 2.21. The van der Waals surface area contributed by atoms with Gasteiger partial charge in [-0.3, -0.25) is 0 Å². The molecule has 0 bridgehead atoms. The number of rotatable bonds is 32. The van der Waals surface area contributed by atoms with Gasteiger partial charge in [-0.2, -0.15) is 0 Å². The van der Waals surface area contributed by atoms with E-state index in [2.05, 4.69) is 13.8 Å². The zero-order valence-electron chi connectivity index (χ0n) is 26.3. The molecule has 230 valence electrons. The Morgan fingerprint density at radius 2 is 0.684 bits per heavy atom. The van der Waals surface area contributed by atoms with Gasteiger partial charge < -0.3 is 15.3 Å². The van der Waals surface area contributed by atoms with Crippen LogP contribution in [0.15, 0.2) is 0 Å². The summed E-state index contributed by atoms with van der Waals surface area (Å²) in [6, 6.07) is 0. The molecule has 0 fully saturated rings. The van der Waals surface area contributed by atoms with Crippen LogP contribution < -0.4 is 0 Å². The normalized spacial score (nSPS) is 14.1. The molecular formula is C35H72O3. The van der Waals surface area contributed by atoms with Crippen molar-refractivity contribution in [3.63, 3.8) is 0 Å². The lowest BCUT2D eigenvalue weighted by molar-refractivity contribution is 0.0219. The van der Waals surface area contributed by atoms with E-state index in [-0.39, 0.29) is 18.6 Å². The fourth-order valence-electron chi connectivity index (χ4n) is 5.83. The molecule has 0 radical (unpaired) electrons. The van der Waals surface area contributed by atoms with E-state index in [9.17, 15) is 15.3 Å². The Hall–Kier alpha value is -0.120. The minimum absolute atomic E-state index is 0.0186. The summed E-state index contributed by atoms with van der Waals surface area (Å²) in [4.78, 5) is 0. The van der Waals surface area contributed by atoms with E-state index in [0.717, 1.165) is 25.7 Å². The van der Waals surface area contributed by atoms with Gasteiger partial charge in [0.25, 0.3) is 0 Å². The van der Waals surface area contributed by atoms with Gasteiger partial charge in [-0.05, 0) is 19.3 Å². The fraction of sp³-hybridized carbons (Fsp3) is 1.00. The minimum Gasteiger partial charge on any atom is -0.396 e. The van der Waals surface area contributed by atoms with Gasteiger partial charge in [0.1, 0.15) is 0 Å². The molecule has 3 nitrogen and oxygen atoms in total. The van der Waals surface area contributed by atoms with E-state index in [1.54, 1.807) is 0 Å². The van der Waals surface area contributed by atoms with Crippen molar-refractivity contribution in [1.82, 2.24) is 0 Å². The summed E-state index contributed by atoms with van der Waals surface area (Å²) in [7, 11) is 0. The van der Waals surface area contributed by atoms with Crippen LogP contribution in [0.2, 0.25) is 0 Å². The smallest absolute Gasteiger partial charge is 0.0591 e. The molecule has 3 N–H and O–H groups in total. The molecule has 0 heterocycles. The van der Waals surface area contributed by atoms with Crippen molar-refractivity contribution in [2.75, 3.05) is 6.61 Å². The average Bonchev–Trinajstić information content (AvgIpc) is 2.92. The van der Waals surface area contributed by atoms with E-state index in [4.69, 9.17) is 0 Å². The Kier molecular flexibility index (Phi) is 31.3. The topological polar surface area (TPSA) is 60.7 Å². The third-order valence-corrected chi connectivity index (χ3v) is 8.60. The Bertz CT molecular complexity index is 427. The predicted octanol–water partition coefficient (Wildman–Crippen LogP) is 10.7. The lowest BCUT2D eigenvalue weighted by Crippen LogP contribution is -2.28. The van der Waals surface area contributed by atoms with Crippen molar-refractivity contribution < 1.29 is 15.3 Å². The molecule has 0 aliphatic rings. The minimum atomic E-state index is -0.478. The first-order valence-corrected chi connectivity index (χ1v) is 17.6. The van der Waals surface area contributed by atoms with Gasteiger partial charge in [-0.1, -0.05) is 181 Å². The number of unbranched alkanes of at least 4 members (excludes halogenated alkanes) is 24. The summed E-state index contributed by atoms with van der Waals surface area (Å²) >= 11 is 0. The van der Waals surface area contributed by atoms with Crippen LogP contribution in [0.4, 0.5) is 0 Å². The molecule has 3 heteroatoms. The van der Waals surface area contributed by atoms with Gasteiger partial charge >= 0.3 is 0 Å². The number of aliphatic hydroxyl groups is 3. The van der Waals surface area contributed by atoms with Gasteiger partial charge in [-0.15, -0.1) is 0 Å². The SMILES string of the molecule is CCCCCCCCCCCCCCCC(O)CC(CO)C(O)CCCCCCCCCCCCCCC. The summed E-state index contributed by atoms with van der Waals surface area (Å²) < 4.78 is 0. The van der Waals surface area contributed by atoms with Crippen LogP contribution in [0.3, 0.4) is 0 Å². The molecule has 0 aromatic rings. The number of hydrogen-bond donors (Lipinski definition) is 3. The van der Waals surface area contributed by atoms with E-state index in [1.165, 1.54) is 154 Å². The quantitative estimate of drug-likeness (QED) is 0.0743. The second kappa shape index (κ2) is 31.4. The summed E-state index contributed by atoms with van der Waals surface area (Å²) in [5.74, 6) is -0.177. The molecule has 0 aromatic heterocycles. The average molecular weight is 541 g/mol. The molecule has 0 saturated heterocycles. The van der Waals surface area contributed by atoms with Crippen molar-refractivity contribution in [1.29, 1.82) is 0 Å². The van der Waals surface area contributed by atoms with Gasteiger partial charge in [0, 0.05) is 12.5 Å². The van der Waals surface area contributed by atoms with Crippen LogP contribution in [-0.4, -0.2) is 34.1 Å². The van der Waals surface area contributed by atoms with E-state index in [1.807, 2.05) is 0 Å². The van der Waals surface area contributed by atoms with E-state index < -0.39 is 6.10 Å². The van der Waals surface area contributed by atoms with Crippen molar-refractivity contribution in [3.8, 4) is 0 Å². The van der Waals surface area contributed by atoms with Crippen molar-refractivity contribution >= 4 is 0 Å². The summed E-state index contributed by atoms with van der Waals surface area (Å²) in [5.41, 5.74) is 0. The molecule has 0 amide bonds. The summed E-state index contributed by atoms with van der Waals surface area (Å²) in [6.45, 7) is 4.53. The van der Waals surface area contributed by atoms with Crippen LogP contribution >= 0.6 is 0 Å². The van der Waals surface area contributed by atoms with E-state index >= 15 is 0 Å².